The Morgan fingerprint density at radius 1 is 1.19 bits per heavy atom. The van der Waals surface area contributed by atoms with Crippen LogP contribution >= 0.6 is 12.6 Å². The summed E-state index contributed by atoms with van der Waals surface area (Å²) in [5.41, 5.74) is 8.96. The summed E-state index contributed by atoms with van der Waals surface area (Å²) in [4.78, 5) is 16.1. The van der Waals surface area contributed by atoms with E-state index >= 15 is 0 Å². The van der Waals surface area contributed by atoms with Gasteiger partial charge < -0.3 is 11.1 Å². The van der Waals surface area contributed by atoms with Gasteiger partial charge in [0.1, 0.15) is 0 Å². The zero-order valence-corrected chi connectivity index (χ0v) is 12.6. The smallest absolute Gasteiger partial charge is 0.237 e. The number of pyridine rings is 1. The van der Waals surface area contributed by atoms with E-state index in [1.807, 2.05) is 36.4 Å². The minimum Gasteiger partial charge on any atom is -0.351 e. The lowest BCUT2D eigenvalue weighted by atomic mass is 10.1. The van der Waals surface area contributed by atoms with Crippen LogP contribution in [0.4, 0.5) is 0 Å². The molecular formula is C16H19N3OS. The molecule has 0 saturated carbocycles. The molecule has 2 aromatic rings. The molecule has 0 saturated heterocycles. The van der Waals surface area contributed by atoms with Crippen LogP contribution in [0.25, 0.3) is 0 Å². The molecule has 1 heterocycles. The highest BCUT2D eigenvalue weighted by atomic mass is 32.1. The summed E-state index contributed by atoms with van der Waals surface area (Å²) in [6.45, 7) is 0.427. The largest absolute Gasteiger partial charge is 0.351 e. The first-order valence-electron chi connectivity index (χ1n) is 6.80. The molecule has 0 fully saturated rings. The van der Waals surface area contributed by atoms with Gasteiger partial charge in [0.25, 0.3) is 0 Å². The van der Waals surface area contributed by atoms with E-state index in [4.69, 9.17) is 5.73 Å². The van der Waals surface area contributed by atoms with E-state index in [0.717, 1.165) is 16.7 Å². The van der Waals surface area contributed by atoms with Crippen molar-refractivity contribution in [3.8, 4) is 0 Å². The Morgan fingerprint density at radius 3 is 2.62 bits per heavy atom. The highest BCUT2D eigenvalue weighted by Crippen LogP contribution is 2.06. The minimum absolute atomic E-state index is 0.157. The molecule has 2 rings (SSSR count). The Bertz CT molecular complexity index is 589. The minimum atomic E-state index is -0.548. The van der Waals surface area contributed by atoms with E-state index in [9.17, 15) is 4.79 Å². The fourth-order valence-corrected chi connectivity index (χ4v) is 2.18. The van der Waals surface area contributed by atoms with E-state index in [-0.39, 0.29) is 5.91 Å². The van der Waals surface area contributed by atoms with Gasteiger partial charge in [0, 0.05) is 24.7 Å². The molecule has 3 N–H and O–H groups in total. The van der Waals surface area contributed by atoms with Gasteiger partial charge in [-0.2, -0.15) is 12.6 Å². The lowest BCUT2D eigenvalue weighted by Crippen LogP contribution is -2.41. The molecule has 1 amide bonds. The summed E-state index contributed by atoms with van der Waals surface area (Å²) in [5, 5.41) is 2.84. The number of aromatic nitrogens is 1. The number of nitrogens with zero attached hydrogens (tertiary/aromatic N) is 1. The summed E-state index contributed by atoms with van der Waals surface area (Å²) >= 11 is 4.21. The van der Waals surface area contributed by atoms with Crippen LogP contribution < -0.4 is 11.1 Å². The summed E-state index contributed by atoms with van der Waals surface area (Å²) in [6, 6.07) is 11.2. The van der Waals surface area contributed by atoms with Gasteiger partial charge in [-0.3, -0.25) is 9.78 Å². The van der Waals surface area contributed by atoms with Gasteiger partial charge in [0.15, 0.2) is 0 Å². The Labute approximate surface area is 130 Å². The number of nitrogens with one attached hydrogen (secondary N) is 1. The number of nitrogens with two attached hydrogens (primary N) is 1. The number of hydrogen-bond acceptors (Lipinski definition) is 4. The summed E-state index contributed by atoms with van der Waals surface area (Å²) in [6.07, 6.45) is 4.02. The highest BCUT2D eigenvalue weighted by Gasteiger charge is 2.13. The standard InChI is InChI=1S/C16H19N3OS/c17-15(7-12-4-2-1-3-5-12)16(20)19-10-13-6-14(11-21)9-18-8-13/h1-6,8-9,15,21H,7,10-11,17H2,(H,19,20)/t15-/m1/s1. The van der Waals surface area contributed by atoms with Crippen LogP contribution in [0, 0.1) is 0 Å². The van der Waals surface area contributed by atoms with Gasteiger partial charge in [0.05, 0.1) is 6.04 Å². The van der Waals surface area contributed by atoms with E-state index in [1.165, 1.54) is 0 Å². The van der Waals surface area contributed by atoms with Crippen LogP contribution in [-0.2, 0) is 23.5 Å². The Balaban J connectivity index is 1.86. The first-order valence-corrected chi connectivity index (χ1v) is 7.43. The van der Waals surface area contributed by atoms with Crippen LogP contribution in [0.1, 0.15) is 16.7 Å². The SMILES string of the molecule is N[C@H](Cc1ccccc1)C(=O)NCc1cncc(CS)c1. The van der Waals surface area contributed by atoms with E-state index in [1.54, 1.807) is 12.4 Å². The van der Waals surface area contributed by atoms with Gasteiger partial charge in [-0.15, -0.1) is 0 Å². The maximum atomic E-state index is 12.0. The van der Waals surface area contributed by atoms with Gasteiger partial charge in [-0.25, -0.2) is 0 Å². The molecule has 0 unspecified atom stereocenters. The molecule has 110 valence electrons. The maximum absolute atomic E-state index is 12.0. The first kappa shape index (κ1) is 15.5. The molecule has 0 aliphatic carbocycles. The summed E-state index contributed by atoms with van der Waals surface area (Å²) in [5.74, 6) is 0.470. The molecule has 0 aliphatic heterocycles. The number of amides is 1. The summed E-state index contributed by atoms with van der Waals surface area (Å²) < 4.78 is 0. The third kappa shape index (κ3) is 4.88. The van der Waals surface area contributed by atoms with Gasteiger partial charge in [-0.1, -0.05) is 36.4 Å². The second kappa shape index (κ2) is 7.81. The Hall–Kier alpha value is -1.85. The van der Waals surface area contributed by atoms with Gasteiger partial charge in [-0.05, 0) is 23.1 Å². The quantitative estimate of drug-likeness (QED) is 0.711. The monoisotopic (exact) mass is 301 g/mol. The average Bonchev–Trinajstić information content (AvgIpc) is 2.53. The molecule has 5 heteroatoms. The summed E-state index contributed by atoms with van der Waals surface area (Å²) in [7, 11) is 0. The molecule has 4 nitrogen and oxygen atoms in total. The normalized spacial score (nSPS) is 11.9. The number of hydrogen-bond donors (Lipinski definition) is 3. The van der Waals surface area contributed by atoms with E-state index < -0.39 is 6.04 Å². The van der Waals surface area contributed by atoms with Crippen molar-refractivity contribution in [1.29, 1.82) is 0 Å². The second-order valence-electron chi connectivity index (χ2n) is 4.87. The Morgan fingerprint density at radius 2 is 1.90 bits per heavy atom. The average molecular weight is 301 g/mol. The van der Waals surface area contributed by atoms with Crippen molar-refractivity contribution in [2.45, 2.75) is 24.8 Å². The van der Waals surface area contributed by atoms with Gasteiger partial charge in [0.2, 0.25) is 5.91 Å². The Kier molecular flexibility index (Phi) is 5.78. The molecule has 1 aromatic heterocycles. The predicted molar refractivity (Wildman–Crippen MR) is 86.9 cm³/mol. The van der Waals surface area contributed by atoms with Crippen LogP contribution in [0.3, 0.4) is 0 Å². The number of carbonyl (C=O) groups is 1. The zero-order chi connectivity index (χ0) is 15.1. The number of benzene rings is 1. The highest BCUT2D eigenvalue weighted by molar-refractivity contribution is 7.79. The fourth-order valence-electron chi connectivity index (χ4n) is 2.01. The van der Waals surface area contributed by atoms with Crippen molar-refractivity contribution in [1.82, 2.24) is 10.3 Å². The van der Waals surface area contributed by atoms with Gasteiger partial charge >= 0.3 is 0 Å². The number of carbonyl (C=O) groups excluding carboxylic acids is 1. The molecule has 0 bridgehead atoms. The third-order valence-electron chi connectivity index (χ3n) is 3.14. The molecular weight excluding hydrogens is 282 g/mol. The van der Waals surface area contributed by atoms with Crippen molar-refractivity contribution in [3.63, 3.8) is 0 Å². The van der Waals surface area contributed by atoms with Crippen LogP contribution in [-0.4, -0.2) is 16.9 Å². The maximum Gasteiger partial charge on any atom is 0.237 e. The molecule has 0 aliphatic rings. The second-order valence-corrected chi connectivity index (χ2v) is 5.19. The lowest BCUT2D eigenvalue weighted by Gasteiger charge is -2.12. The molecule has 0 spiro atoms. The van der Waals surface area contributed by atoms with E-state index in [0.29, 0.717) is 18.7 Å². The first-order chi connectivity index (χ1) is 10.2. The predicted octanol–water partition coefficient (Wildman–Crippen LogP) is 1.70. The van der Waals surface area contributed by atoms with Crippen molar-refractivity contribution in [2.75, 3.05) is 0 Å². The van der Waals surface area contributed by atoms with Crippen LogP contribution in [0.15, 0.2) is 48.8 Å². The molecule has 0 radical (unpaired) electrons. The molecule has 1 atom stereocenters. The van der Waals surface area contributed by atoms with Crippen molar-refractivity contribution < 1.29 is 4.79 Å². The molecule has 21 heavy (non-hydrogen) atoms. The topological polar surface area (TPSA) is 68.0 Å². The van der Waals surface area contributed by atoms with E-state index in [2.05, 4.69) is 22.9 Å². The number of rotatable bonds is 6. The van der Waals surface area contributed by atoms with Crippen molar-refractivity contribution in [3.05, 3.63) is 65.5 Å². The number of thiol groups is 1. The third-order valence-corrected chi connectivity index (χ3v) is 3.50. The van der Waals surface area contributed by atoms with Crippen LogP contribution in [0.2, 0.25) is 0 Å². The lowest BCUT2D eigenvalue weighted by molar-refractivity contribution is -0.122. The zero-order valence-electron chi connectivity index (χ0n) is 11.7. The van der Waals surface area contributed by atoms with Crippen molar-refractivity contribution in [2.24, 2.45) is 5.73 Å². The molecule has 1 aromatic carbocycles. The van der Waals surface area contributed by atoms with Crippen molar-refractivity contribution >= 4 is 18.5 Å². The fraction of sp³-hybridized carbons (Fsp3) is 0.250. The van der Waals surface area contributed by atoms with Crippen LogP contribution in [0.5, 0.6) is 0 Å².